The topological polar surface area (TPSA) is 93.7 Å². The van der Waals surface area contributed by atoms with Crippen LogP contribution in [0.1, 0.15) is 28.9 Å². The van der Waals surface area contributed by atoms with Crippen molar-refractivity contribution in [1.82, 2.24) is 5.32 Å². The molecule has 1 aliphatic rings. The van der Waals surface area contributed by atoms with E-state index in [1.165, 1.54) is 36.4 Å². The summed E-state index contributed by atoms with van der Waals surface area (Å²) in [6.07, 6.45) is 0. The number of sulfonamides is 1. The number of nitrogens with one attached hydrogen (secondary N) is 2. The van der Waals surface area contributed by atoms with Gasteiger partial charge < -0.3 is 14.8 Å². The summed E-state index contributed by atoms with van der Waals surface area (Å²) in [5, 5.41) is 2.89. The van der Waals surface area contributed by atoms with Gasteiger partial charge in [-0.05, 0) is 73.2 Å². The summed E-state index contributed by atoms with van der Waals surface area (Å²) in [6, 6.07) is 15.7. The third-order valence-electron chi connectivity index (χ3n) is 4.94. The molecule has 1 atom stereocenters. The van der Waals surface area contributed by atoms with Gasteiger partial charge in [-0.25, -0.2) is 12.8 Å². The van der Waals surface area contributed by atoms with Gasteiger partial charge >= 0.3 is 0 Å². The summed E-state index contributed by atoms with van der Waals surface area (Å²) in [4.78, 5) is 12.6. The highest BCUT2D eigenvalue weighted by atomic mass is 32.2. The molecular formula is C23H21FN2O5S. The van der Waals surface area contributed by atoms with Gasteiger partial charge in [0.2, 0.25) is 0 Å². The molecule has 3 aromatic carbocycles. The number of benzene rings is 3. The molecule has 166 valence electrons. The first-order valence-corrected chi connectivity index (χ1v) is 11.4. The standard InChI is InChI=1S/C23H21FN2O5S/c1-15(17-4-11-21-22(14-17)31-13-12-30-21)25-23(27)16-2-9-20(10-3-16)32(28,29)26-19-7-5-18(24)6-8-19/h2-11,14-15,26H,12-13H2,1H3,(H,25,27)/t15-/m1/s1. The summed E-state index contributed by atoms with van der Waals surface area (Å²) in [6.45, 7) is 2.82. The van der Waals surface area contributed by atoms with Gasteiger partial charge in [0.1, 0.15) is 19.0 Å². The van der Waals surface area contributed by atoms with Gasteiger partial charge in [-0.3, -0.25) is 9.52 Å². The normalized spacial score (nSPS) is 13.8. The van der Waals surface area contributed by atoms with Crippen LogP contribution in [0.5, 0.6) is 11.5 Å². The highest BCUT2D eigenvalue weighted by molar-refractivity contribution is 7.92. The number of fused-ring (bicyclic) bond motifs is 1. The Morgan fingerprint density at radius 3 is 2.28 bits per heavy atom. The van der Waals surface area contributed by atoms with Crippen molar-refractivity contribution in [2.75, 3.05) is 17.9 Å². The maximum atomic E-state index is 13.0. The smallest absolute Gasteiger partial charge is 0.261 e. The average molecular weight is 456 g/mol. The van der Waals surface area contributed by atoms with Crippen LogP contribution in [-0.2, 0) is 10.0 Å². The van der Waals surface area contributed by atoms with E-state index < -0.39 is 15.8 Å². The van der Waals surface area contributed by atoms with Gasteiger partial charge in [-0.15, -0.1) is 0 Å². The van der Waals surface area contributed by atoms with Crippen molar-refractivity contribution in [2.24, 2.45) is 0 Å². The molecule has 9 heteroatoms. The van der Waals surface area contributed by atoms with Crippen LogP contribution in [-0.4, -0.2) is 27.5 Å². The van der Waals surface area contributed by atoms with E-state index in [0.29, 0.717) is 30.3 Å². The minimum atomic E-state index is -3.87. The van der Waals surface area contributed by atoms with Crippen LogP contribution in [0.4, 0.5) is 10.1 Å². The molecule has 3 aromatic rings. The Balaban J connectivity index is 1.43. The number of amides is 1. The Bertz CT molecular complexity index is 1230. The fraction of sp³-hybridized carbons (Fsp3) is 0.174. The lowest BCUT2D eigenvalue weighted by molar-refractivity contribution is 0.0939. The molecule has 0 radical (unpaired) electrons. The summed E-state index contributed by atoms with van der Waals surface area (Å²) in [5.74, 6) is 0.499. The van der Waals surface area contributed by atoms with Gasteiger partial charge in [-0.1, -0.05) is 6.07 Å². The predicted octanol–water partition coefficient (Wildman–Crippen LogP) is 3.89. The van der Waals surface area contributed by atoms with E-state index in [9.17, 15) is 17.6 Å². The fourth-order valence-electron chi connectivity index (χ4n) is 3.21. The third kappa shape index (κ3) is 4.83. The molecule has 0 unspecified atom stereocenters. The van der Waals surface area contributed by atoms with E-state index in [2.05, 4.69) is 10.0 Å². The summed E-state index contributed by atoms with van der Waals surface area (Å²) in [5.41, 5.74) is 1.40. The Labute approximate surface area is 185 Å². The van der Waals surface area contributed by atoms with Gasteiger partial charge in [-0.2, -0.15) is 0 Å². The van der Waals surface area contributed by atoms with Crippen LogP contribution in [0.25, 0.3) is 0 Å². The second kappa shape index (κ2) is 8.88. The minimum Gasteiger partial charge on any atom is -0.486 e. The van der Waals surface area contributed by atoms with E-state index in [1.807, 2.05) is 19.1 Å². The molecule has 7 nitrogen and oxygen atoms in total. The lowest BCUT2D eigenvalue weighted by Crippen LogP contribution is -2.27. The number of hydrogen-bond acceptors (Lipinski definition) is 5. The average Bonchev–Trinajstić information content (AvgIpc) is 2.80. The Hall–Kier alpha value is -3.59. The number of carbonyl (C=O) groups is 1. The molecule has 1 heterocycles. The third-order valence-corrected chi connectivity index (χ3v) is 6.33. The molecule has 1 amide bonds. The van der Waals surface area contributed by atoms with Crippen LogP contribution < -0.4 is 19.5 Å². The van der Waals surface area contributed by atoms with E-state index in [1.54, 1.807) is 6.07 Å². The van der Waals surface area contributed by atoms with Crippen molar-refractivity contribution in [3.63, 3.8) is 0 Å². The molecule has 1 aliphatic heterocycles. The van der Waals surface area contributed by atoms with Crippen LogP contribution in [0.15, 0.2) is 71.6 Å². The lowest BCUT2D eigenvalue weighted by atomic mass is 10.1. The highest BCUT2D eigenvalue weighted by Crippen LogP contribution is 2.32. The fourth-order valence-corrected chi connectivity index (χ4v) is 4.27. The van der Waals surface area contributed by atoms with Crippen molar-refractivity contribution < 1.29 is 27.1 Å². The van der Waals surface area contributed by atoms with Gasteiger partial charge in [0, 0.05) is 11.3 Å². The van der Waals surface area contributed by atoms with Crippen LogP contribution in [0.3, 0.4) is 0 Å². The molecule has 32 heavy (non-hydrogen) atoms. The molecule has 2 N–H and O–H groups in total. The summed E-state index contributed by atoms with van der Waals surface area (Å²) >= 11 is 0. The zero-order chi connectivity index (χ0) is 22.7. The number of anilines is 1. The van der Waals surface area contributed by atoms with Crippen LogP contribution in [0.2, 0.25) is 0 Å². The van der Waals surface area contributed by atoms with Crippen molar-refractivity contribution in [2.45, 2.75) is 17.9 Å². The van der Waals surface area contributed by atoms with Gasteiger partial charge in [0.15, 0.2) is 11.5 Å². The minimum absolute atomic E-state index is 0.0155. The number of halogens is 1. The molecule has 0 aromatic heterocycles. The molecule has 0 fully saturated rings. The first kappa shape index (κ1) is 21.6. The summed E-state index contributed by atoms with van der Waals surface area (Å²) in [7, 11) is -3.87. The van der Waals surface area contributed by atoms with E-state index >= 15 is 0 Å². The SMILES string of the molecule is C[C@@H](NC(=O)c1ccc(S(=O)(=O)Nc2ccc(F)cc2)cc1)c1ccc2c(c1)OCCO2. The van der Waals surface area contributed by atoms with Crippen molar-refractivity contribution in [3.05, 3.63) is 83.7 Å². The van der Waals surface area contributed by atoms with E-state index in [0.717, 1.165) is 17.7 Å². The molecular weight excluding hydrogens is 435 g/mol. The van der Waals surface area contributed by atoms with Crippen molar-refractivity contribution in [3.8, 4) is 11.5 Å². The summed E-state index contributed by atoms with van der Waals surface area (Å²) < 4.78 is 51.5. The largest absolute Gasteiger partial charge is 0.486 e. The molecule has 0 saturated heterocycles. The first-order valence-electron chi connectivity index (χ1n) is 9.91. The second-order valence-corrected chi connectivity index (χ2v) is 8.92. The first-order chi connectivity index (χ1) is 15.3. The van der Waals surface area contributed by atoms with Crippen LogP contribution in [0, 0.1) is 5.82 Å². The maximum Gasteiger partial charge on any atom is 0.261 e. The van der Waals surface area contributed by atoms with Gasteiger partial charge in [0.05, 0.1) is 10.9 Å². The van der Waals surface area contributed by atoms with Crippen LogP contribution >= 0.6 is 0 Å². The number of hydrogen-bond donors (Lipinski definition) is 2. The monoisotopic (exact) mass is 456 g/mol. The quantitative estimate of drug-likeness (QED) is 0.587. The highest BCUT2D eigenvalue weighted by Gasteiger charge is 2.18. The number of rotatable bonds is 6. The maximum absolute atomic E-state index is 13.0. The van der Waals surface area contributed by atoms with Gasteiger partial charge in [0.25, 0.3) is 15.9 Å². The van der Waals surface area contributed by atoms with E-state index in [-0.39, 0.29) is 22.5 Å². The molecule has 0 bridgehead atoms. The zero-order valence-corrected chi connectivity index (χ0v) is 18.0. The predicted molar refractivity (Wildman–Crippen MR) is 117 cm³/mol. The molecule has 0 spiro atoms. The second-order valence-electron chi connectivity index (χ2n) is 7.24. The number of carbonyl (C=O) groups excluding carboxylic acids is 1. The Morgan fingerprint density at radius 1 is 0.938 bits per heavy atom. The van der Waals surface area contributed by atoms with Crippen molar-refractivity contribution >= 4 is 21.6 Å². The van der Waals surface area contributed by atoms with Crippen molar-refractivity contribution in [1.29, 1.82) is 0 Å². The zero-order valence-electron chi connectivity index (χ0n) is 17.2. The Kier molecular flexibility index (Phi) is 6.00. The lowest BCUT2D eigenvalue weighted by Gasteiger charge is -2.21. The molecule has 4 rings (SSSR count). The number of ether oxygens (including phenoxy) is 2. The molecule has 0 aliphatic carbocycles. The molecule has 0 saturated carbocycles. The van der Waals surface area contributed by atoms with E-state index in [4.69, 9.17) is 9.47 Å². The Morgan fingerprint density at radius 2 is 1.59 bits per heavy atom.